The smallest absolute Gasteiger partial charge is 0.227 e. The summed E-state index contributed by atoms with van der Waals surface area (Å²) in [6.45, 7) is 2.54. The number of nitrogens with one attached hydrogen (secondary N) is 1. The molecular formula is C17H22N4O3. The van der Waals surface area contributed by atoms with E-state index in [0.717, 1.165) is 24.9 Å². The molecule has 1 aromatic carbocycles. The summed E-state index contributed by atoms with van der Waals surface area (Å²) in [6, 6.07) is 7.25. The van der Waals surface area contributed by atoms with Crippen molar-refractivity contribution in [2.75, 3.05) is 11.9 Å². The highest BCUT2D eigenvalue weighted by Crippen LogP contribution is 2.32. The Balaban J connectivity index is 1.53. The van der Waals surface area contributed by atoms with Gasteiger partial charge in [-0.05, 0) is 49.6 Å². The van der Waals surface area contributed by atoms with E-state index in [1.54, 1.807) is 19.1 Å². The number of aromatic nitrogens is 2. The minimum Gasteiger partial charge on any atom is -0.485 e. The van der Waals surface area contributed by atoms with Gasteiger partial charge in [0.15, 0.2) is 6.61 Å². The number of hydrogen-bond donors (Lipinski definition) is 2. The summed E-state index contributed by atoms with van der Waals surface area (Å²) in [5.74, 6) is 2.06. The maximum absolute atomic E-state index is 12.4. The second kappa shape index (κ2) is 7.44. The third kappa shape index (κ3) is 3.91. The predicted octanol–water partition coefficient (Wildman–Crippen LogP) is 2.27. The van der Waals surface area contributed by atoms with Gasteiger partial charge >= 0.3 is 0 Å². The number of carbonyl (C=O) groups is 1. The number of amides is 1. The van der Waals surface area contributed by atoms with Gasteiger partial charge < -0.3 is 20.3 Å². The number of ether oxygens (including phenoxy) is 1. The van der Waals surface area contributed by atoms with Crippen molar-refractivity contribution in [2.24, 2.45) is 17.6 Å². The Kier molecular flexibility index (Phi) is 5.10. The van der Waals surface area contributed by atoms with E-state index in [-0.39, 0.29) is 18.4 Å². The SMILES string of the molecule is Cc1nc(COc2ccc(NC(=O)[C@@H]3CCC[C@@H]3CN)cc2)no1. The molecule has 7 heteroatoms. The van der Waals surface area contributed by atoms with Crippen molar-refractivity contribution in [3.8, 4) is 5.75 Å². The quantitative estimate of drug-likeness (QED) is 0.842. The van der Waals surface area contributed by atoms with Gasteiger partial charge in [0.1, 0.15) is 5.75 Å². The molecule has 0 aliphatic heterocycles. The molecule has 1 fully saturated rings. The molecule has 0 bridgehead atoms. The van der Waals surface area contributed by atoms with Gasteiger partial charge in [-0.3, -0.25) is 4.79 Å². The number of benzene rings is 1. The summed E-state index contributed by atoms with van der Waals surface area (Å²) in [5.41, 5.74) is 6.50. The first-order chi connectivity index (χ1) is 11.7. The van der Waals surface area contributed by atoms with Crippen LogP contribution in [0.1, 0.15) is 31.0 Å². The molecule has 3 N–H and O–H groups in total. The Labute approximate surface area is 140 Å². The molecular weight excluding hydrogens is 308 g/mol. The molecule has 0 saturated heterocycles. The highest BCUT2D eigenvalue weighted by Gasteiger charge is 2.31. The molecule has 0 unspecified atom stereocenters. The summed E-state index contributed by atoms with van der Waals surface area (Å²) >= 11 is 0. The molecule has 1 amide bonds. The van der Waals surface area contributed by atoms with Gasteiger partial charge in [0.25, 0.3) is 0 Å². The molecule has 1 aliphatic carbocycles. The van der Waals surface area contributed by atoms with Gasteiger partial charge in [0, 0.05) is 18.5 Å². The fourth-order valence-electron chi connectivity index (χ4n) is 3.08. The highest BCUT2D eigenvalue weighted by molar-refractivity contribution is 5.93. The normalized spacial score (nSPS) is 20.1. The summed E-state index contributed by atoms with van der Waals surface area (Å²) in [4.78, 5) is 16.4. The van der Waals surface area contributed by atoms with Crippen molar-refractivity contribution < 1.29 is 14.1 Å². The molecule has 2 aromatic rings. The van der Waals surface area contributed by atoms with Crippen LogP contribution in [0.5, 0.6) is 5.75 Å². The van der Waals surface area contributed by atoms with E-state index in [1.165, 1.54) is 0 Å². The van der Waals surface area contributed by atoms with Crippen molar-refractivity contribution in [2.45, 2.75) is 32.8 Å². The first-order valence-corrected chi connectivity index (χ1v) is 8.18. The van der Waals surface area contributed by atoms with Crippen LogP contribution >= 0.6 is 0 Å². The zero-order valence-electron chi connectivity index (χ0n) is 13.7. The molecule has 3 rings (SSSR count). The maximum atomic E-state index is 12.4. The fourth-order valence-corrected chi connectivity index (χ4v) is 3.08. The number of nitrogens with two attached hydrogens (primary N) is 1. The maximum Gasteiger partial charge on any atom is 0.227 e. The number of carbonyl (C=O) groups excluding carboxylic acids is 1. The van der Waals surface area contributed by atoms with Crippen LogP contribution in [0.15, 0.2) is 28.8 Å². The third-order valence-electron chi connectivity index (χ3n) is 4.36. The summed E-state index contributed by atoms with van der Waals surface area (Å²) in [7, 11) is 0. The van der Waals surface area contributed by atoms with Gasteiger partial charge in [-0.25, -0.2) is 0 Å². The lowest BCUT2D eigenvalue weighted by Gasteiger charge is -2.17. The topological polar surface area (TPSA) is 103 Å². The standard InChI is InChI=1S/C17H22N4O3/c1-11-19-16(21-24-11)10-23-14-7-5-13(6-8-14)20-17(22)15-4-2-3-12(15)9-18/h5-8,12,15H,2-4,9-10,18H2,1H3,(H,20,22)/t12-,15-/m1/s1. The summed E-state index contributed by atoms with van der Waals surface area (Å²) < 4.78 is 10.5. The Bertz CT molecular complexity index is 683. The molecule has 24 heavy (non-hydrogen) atoms. The second-order valence-corrected chi connectivity index (χ2v) is 6.07. The Hall–Kier alpha value is -2.41. The van der Waals surface area contributed by atoms with Gasteiger partial charge in [-0.2, -0.15) is 4.98 Å². The second-order valence-electron chi connectivity index (χ2n) is 6.07. The fraction of sp³-hybridized carbons (Fsp3) is 0.471. The molecule has 128 valence electrons. The van der Waals surface area contributed by atoms with E-state index in [2.05, 4.69) is 15.5 Å². The zero-order valence-corrected chi connectivity index (χ0v) is 13.7. The molecule has 1 saturated carbocycles. The number of nitrogens with zero attached hydrogens (tertiary/aromatic N) is 2. The molecule has 1 aliphatic rings. The van der Waals surface area contributed by atoms with Crippen molar-refractivity contribution in [3.63, 3.8) is 0 Å². The summed E-state index contributed by atoms with van der Waals surface area (Å²) in [5, 5.41) is 6.73. The lowest BCUT2D eigenvalue weighted by atomic mass is 9.95. The van der Waals surface area contributed by atoms with E-state index in [1.807, 2.05) is 12.1 Å². The van der Waals surface area contributed by atoms with Crippen LogP contribution in [0.25, 0.3) is 0 Å². The van der Waals surface area contributed by atoms with Gasteiger partial charge in [-0.1, -0.05) is 11.6 Å². The molecule has 1 aromatic heterocycles. The van der Waals surface area contributed by atoms with Crippen LogP contribution in [0.3, 0.4) is 0 Å². The Morgan fingerprint density at radius 3 is 2.83 bits per heavy atom. The molecule has 0 spiro atoms. The lowest BCUT2D eigenvalue weighted by molar-refractivity contribution is -0.120. The van der Waals surface area contributed by atoms with Crippen molar-refractivity contribution in [3.05, 3.63) is 36.0 Å². The van der Waals surface area contributed by atoms with E-state index in [0.29, 0.717) is 29.9 Å². The van der Waals surface area contributed by atoms with Gasteiger partial charge in [0.2, 0.25) is 17.6 Å². The van der Waals surface area contributed by atoms with Crippen LogP contribution < -0.4 is 15.8 Å². The number of rotatable bonds is 6. The monoisotopic (exact) mass is 330 g/mol. The average Bonchev–Trinajstić information content (AvgIpc) is 3.22. The van der Waals surface area contributed by atoms with Crippen LogP contribution in [-0.4, -0.2) is 22.6 Å². The van der Waals surface area contributed by atoms with E-state index in [9.17, 15) is 4.79 Å². The van der Waals surface area contributed by atoms with E-state index in [4.69, 9.17) is 15.0 Å². The highest BCUT2D eigenvalue weighted by atomic mass is 16.5. The number of anilines is 1. The lowest BCUT2D eigenvalue weighted by Crippen LogP contribution is -2.29. The van der Waals surface area contributed by atoms with Gasteiger partial charge in [-0.15, -0.1) is 0 Å². The molecule has 1 heterocycles. The van der Waals surface area contributed by atoms with Crippen molar-refractivity contribution >= 4 is 11.6 Å². The Morgan fingerprint density at radius 2 is 2.17 bits per heavy atom. The third-order valence-corrected chi connectivity index (χ3v) is 4.36. The molecule has 0 radical (unpaired) electrons. The largest absolute Gasteiger partial charge is 0.485 e. The van der Waals surface area contributed by atoms with Crippen molar-refractivity contribution in [1.29, 1.82) is 0 Å². The average molecular weight is 330 g/mol. The minimum absolute atomic E-state index is 0.0207. The van der Waals surface area contributed by atoms with Crippen LogP contribution in [0.4, 0.5) is 5.69 Å². The van der Waals surface area contributed by atoms with E-state index < -0.39 is 0 Å². The number of aryl methyl sites for hydroxylation is 1. The van der Waals surface area contributed by atoms with Crippen LogP contribution in [-0.2, 0) is 11.4 Å². The molecule has 2 atom stereocenters. The Morgan fingerprint density at radius 1 is 1.38 bits per heavy atom. The van der Waals surface area contributed by atoms with Crippen LogP contribution in [0.2, 0.25) is 0 Å². The zero-order chi connectivity index (χ0) is 16.9. The van der Waals surface area contributed by atoms with Crippen molar-refractivity contribution in [1.82, 2.24) is 10.1 Å². The van der Waals surface area contributed by atoms with Gasteiger partial charge in [0.05, 0.1) is 0 Å². The molecule has 7 nitrogen and oxygen atoms in total. The predicted molar refractivity (Wildman–Crippen MR) is 88.3 cm³/mol. The first kappa shape index (κ1) is 16.4. The first-order valence-electron chi connectivity index (χ1n) is 8.18. The number of hydrogen-bond acceptors (Lipinski definition) is 6. The van der Waals surface area contributed by atoms with E-state index >= 15 is 0 Å². The summed E-state index contributed by atoms with van der Waals surface area (Å²) in [6.07, 6.45) is 3.03. The van der Waals surface area contributed by atoms with Crippen LogP contribution in [0, 0.1) is 18.8 Å². The minimum atomic E-state index is 0.0207.